The van der Waals surface area contributed by atoms with Crippen LogP contribution in [0.25, 0.3) is 11.3 Å². The molecule has 1 aliphatic rings. The smallest absolute Gasteiger partial charge is 0.241 e. The number of hydrogen-bond acceptors (Lipinski definition) is 5. The van der Waals surface area contributed by atoms with Crippen LogP contribution in [0.4, 0.5) is 0 Å². The maximum Gasteiger partial charge on any atom is 0.241 e. The minimum Gasteiger partial charge on any atom is -0.347 e. The molecule has 3 amide bonds. The number of nitrogens with zero attached hydrogens (tertiary/aromatic N) is 4. The Kier molecular flexibility index (Phi) is 6.76. The summed E-state index contributed by atoms with van der Waals surface area (Å²) < 4.78 is 0. The summed E-state index contributed by atoms with van der Waals surface area (Å²) in [5.74, 6) is -1.03. The van der Waals surface area contributed by atoms with E-state index in [0.717, 1.165) is 22.5 Å². The van der Waals surface area contributed by atoms with Gasteiger partial charge in [0.05, 0.1) is 18.2 Å². The summed E-state index contributed by atoms with van der Waals surface area (Å²) in [5, 5.41) is 2.72. The van der Waals surface area contributed by atoms with E-state index in [1.165, 1.54) is 18.2 Å². The van der Waals surface area contributed by atoms with Crippen LogP contribution >= 0.6 is 0 Å². The minimum atomic E-state index is -0.503. The molecule has 2 aromatic rings. The summed E-state index contributed by atoms with van der Waals surface area (Å²) in [5.41, 5.74) is 3.53. The second kappa shape index (κ2) is 9.47. The van der Waals surface area contributed by atoms with Crippen LogP contribution in [0.2, 0.25) is 0 Å². The van der Waals surface area contributed by atoms with E-state index in [-0.39, 0.29) is 24.3 Å². The molecule has 1 aromatic heterocycles. The van der Waals surface area contributed by atoms with E-state index >= 15 is 0 Å². The van der Waals surface area contributed by atoms with Gasteiger partial charge in [-0.1, -0.05) is 30.3 Å². The first-order valence-electron chi connectivity index (χ1n) is 9.98. The normalized spacial score (nSPS) is 16.1. The molecule has 0 radical (unpaired) electrons. The number of amides is 3. The summed E-state index contributed by atoms with van der Waals surface area (Å²) in [6, 6.07) is 9.79. The molecule has 0 saturated heterocycles. The van der Waals surface area contributed by atoms with Gasteiger partial charge in [0.1, 0.15) is 6.33 Å². The Morgan fingerprint density at radius 3 is 2.57 bits per heavy atom. The summed E-state index contributed by atoms with van der Waals surface area (Å²) in [4.78, 5) is 49.0. The Morgan fingerprint density at radius 1 is 1.17 bits per heavy atom. The molecule has 0 bridgehead atoms. The van der Waals surface area contributed by atoms with Crippen molar-refractivity contribution in [2.75, 3.05) is 33.7 Å². The molecule has 0 spiro atoms. The molecule has 0 aliphatic carbocycles. The predicted molar refractivity (Wildman–Crippen MR) is 112 cm³/mol. The van der Waals surface area contributed by atoms with Gasteiger partial charge >= 0.3 is 0 Å². The van der Waals surface area contributed by atoms with Gasteiger partial charge in [-0.05, 0) is 6.42 Å². The standard InChI is InChI=1S/C22H27N5O3/c1-15(28)27-10-9-19-18(21(25-14-24-19)16-7-5-4-6-8-16)11-17(13-27)22(30)23-12-20(29)26(2)3/h4-8,14,17H,9-13H2,1-3H3,(H,23,30). The molecule has 1 N–H and O–H groups in total. The Balaban J connectivity index is 1.93. The quantitative estimate of drug-likeness (QED) is 0.810. The van der Waals surface area contributed by atoms with Gasteiger partial charge in [0, 0.05) is 57.4 Å². The van der Waals surface area contributed by atoms with Gasteiger partial charge in [-0.25, -0.2) is 9.97 Å². The average molecular weight is 409 g/mol. The highest BCUT2D eigenvalue weighted by Crippen LogP contribution is 2.27. The Hall–Kier alpha value is -3.29. The highest BCUT2D eigenvalue weighted by atomic mass is 16.2. The lowest BCUT2D eigenvalue weighted by molar-refractivity contribution is -0.134. The third kappa shape index (κ3) is 5.00. The van der Waals surface area contributed by atoms with Crippen LogP contribution in [0, 0.1) is 5.92 Å². The lowest BCUT2D eigenvalue weighted by Gasteiger charge is -2.30. The van der Waals surface area contributed by atoms with Gasteiger partial charge in [-0.3, -0.25) is 14.4 Å². The minimum absolute atomic E-state index is 0.0773. The van der Waals surface area contributed by atoms with Crippen molar-refractivity contribution in [1.29, 1.82) is 0 Å². The first-order chi connectivity index (χ1) is 14.4. The van der Waals surface area contributed by atoms with Crippen LogP contribution in [0.5, 0.6) is 0 Å². The predicted octanol–water partition coefficient (Wildman–Crippen LogP) is 0.911. The van der Waals surface area contributed by atoms with Crippen LogP contribution < -0.4 is 5.32 Å². The van der Waals surface area contributed by atoms with Crippen LogP contribution in [0.15, 0.2) is 36.7 Å². The summed E-state index contributed by atoms with van der Waals surface area (Å²) in [6.07, 6.45) is 2.53. The topological polar surface area (TPSA) is 95.5 Å². The van der Waals surface area contributed by atoms with Crippen molar-refractivity contribution in [2.24, 2.45) is 5.92 Å². The Bertz CT molecular complexity index is 930. The number of fused-ring (bicyclic) bond motifs is 1. The molecule has 0 fully saturated rings. The lowest BCUT2D eigenvalue weighted by atomic mass is 9.90. The van der Waals surface area contributed by atoms with Crippen molar-refractivity contribution in [2.45, 2.75) is 19.8 Å². The molecule has 1 atom stereocenters. The van der Waals surface area contributed by atoms with E-state index < -0.39 is 5.92 Å². The molecule has 1 aromatic carbocycles. The molecule has 0 saturated carbocycles. The third-order valence-corrected chi connectivity index (χ3v) is 5.32. The summed E-state index contributed by atoms with van der Waals surface area (Å²) in [6.45, 7) is 2.20. The van der Waals surface area contributed by atoms with Crippen molar-refractivity contribution in [3.05, 3.63) is 47.9 Å². The molecular formula is C22H27N5O3. The van der Waals surface area contributed by atoms with Crippen LogP contribution in [-0.4, -0.2) is 71.2 Å². The van der Waals surface area contributed by atoms with Gasteiger partial charge in [0.15, 0.2) is 0 Å². The number of aromatic nitrogens is 2. The first kappa shape index (κ1) is 21.4. The van der Waals surface area contributed by atoms with E-state index in [4.69, 9.17) is 0 Å². The fourth-order valence-corrected chi connectivity index (χ4v) is 3.56. The highest BCUT2D eigenvalue weighted by molar-refractivity contribution is 5.86. The van der Waals surface area contributed by atoms with Gasteiger partial charge in [0.2, 0.25) is 17.7 Å². The number of nitrogens with one attached hydrogen (secondary N) is 1. The second-order valence-corrected chi connectivity index (χ2v) is 7.64. The fraction of sp³-hybridized carbons (Fsp3) is 0.409. The molecular weight excluding hydrogens is 382 g/mol. The van der Waals surface area contributed by atoms with Crippen LogP contribution in [0.1, 0.15) is 18.2 Å². The number of likely N-dealkylation sites (N-methyl/N-ethyl adjacent to an activating group) is 1. The monoisotopic (exact) mass is 409 g/mol. The second-order valence-electron chi connectivity index (χ2n) is 7.64. The average Bonchev–Trinajstić information content (AvgIpc) is 2.72. The molecule has 8 heteroatoms. The molecule has 8 nitrogen and oxygen atoms in total. The van der Waals surface area contributed by atoms with E-state index in [0.29, 0.717) is 25.9 Å². The zero-order valence-electron chi connectivity index (χ0n) is 17.6. The Labute approximate surface area is 176 Å². The number of carbonyl (C=O) groups is 3. The van der Waals surface area contributed by atoms with Crippen LogP contribution in [-0.2, 0) is 27.2 Å². The van der Waals surface area contributed by atoms with E-state index in [1.807, 2.05) is 30.3 Å². The van der Waals surface area contributed by atoms with Gasteiger partial charge < -0.3 is 15.1 Å². The van der Waals surface area contributed by atoms with Gasteiger partial charge in [0.25, 0.3) is 0 Å². The molecule has 158 valence electrons. The maximum absolute atomic E-state index is 13.0. The zero-order chi connectivity index (χ0) is 21.7. The van der Waals surface area contributed by atoms with Gasteiger partial charge in [-0.15, -0.1) is 0 Å². The highest BCUT2D eigenvalue weighted by Gasteiger charge is 2.29. The number of hydrogen-bond donors (Lipinski definition) is 1. The van der Waals surface area contributed by atoms with E-state index in [1.54, 1.807) is 19.0 Å². The summed E-state index contributed by atoms with van der Waals surface area (Å²) in [7, 11) is 3.28. The molecule has 1 aliphatic heterocycles. The van der Waals surface area contributed by atoms with Crippen molar-refractivity contribution >= 4 is 17.7 Å². The Morgan fingerprint density at radius 2 is 1.90 bits per heavy atom. The van der Waals surface area contributed by atoms with Crippen LogP contribution in [0.3, 0.4) is 0 Å². The SMILES string of the molecule is CC(=O)N1CCc2ncnc(-c3ccccc3)c2CC(C(=O)NCC(=O)N(C)C)C1. The third-order valence-electron chi connectivity index (χ3n) is 5.32. The zero-order valence-corrected chi connectivity index (χ0v) is 17.6. The molecule has 1 unspecified atom stereocenters. The number of benzene rings is 1. The lowest BCUT2D eigenvalue weighted by Crippen LogP contribution is -2.46. The van der Waals surface area contributed by atoms with Crippen molar-refractivity contribution in [1.82, 2.24) is 25.1 Å². The number of carbonyl (C=O) groups excluding carboxylic acids is 3. The van der Waals surface area contributed by atoms with Crippen molar-refractivity contribution in [3.63, 3.8) is 0 Å². The fourth-order valence-electron chi connectivity index (χ4n) is 3.56. The molecule has 3 rings (SSSR count). The van der Waals surface area contributed by atoms with Crippen molar-refractivity contribution in [3.8, 4) is 11.3 Å². The summed E-state index contributed by atoms with van der Waals surface area (Å²) >= 11 is 0. The van der Waals surface area contributed by atoms with E-state index in [2.05, 4.69) is 15.3 Å². The molecule has 2 heterocycles. The largest absolute Gasteiger partial charge is 0.347 e. The van der Waals surface area contributed by atoms with Gasteiger partial charge in [-0.2, -0.15) is 0 Å². The number of rotatable bonds is 4. The maximum atomic E-state index is 13.0. The van der Waals surface area contributed by atoms with E-state index in [9.17, 15) is 14.4 Å². The molecule has 30 heavy (non-hydrogen) atoms. The van der Waals surface area contributed by atoms with Crippen molar-refractivity contribution < 1.29 is 14.4 Å². The first-order valence-corrected chi connectivity index (χ1v) is 9.98.